The SMILES string of the molecule is CCCCCCCCCCOc1ccc(C2(OCCCCCCCCC3CC3)N=CC=CN2)cc1. The Morgan fingerprint density at radius 2 is 1.43 bits per heavy atom. The average molecular weight is 483 g/mol. The Morgan fingerprint density at radius 3 is 2.06 bits per heavy atom. The topological polar surface area (TPSA) is 42.9 Å². The van der Waals surface area contributed by atoms with Gasteiger partial charge in [0.15, 0.2) is 0 Å². The predicted molar refractivity (Wildman–Crippen MR) is 148 cm³/mol. The Labute approximate surface area is 215 Å². The van der Waals surface area contributed by atoms with Gasteiger partial charge in [-0.3, -0.25) is 0 Å². The smallest absolute Gasteiger partial charge is 0.264 e. The molecule has 1 atom stereocenters. The van der Waals surface area contributed by atoms with E-state index in [0.717, 1.165) is 36.7 Å². The first-order valence-corrected chi connectivity index (χ1v) is 14.7. The van der Waals surface area contributed by atoms with Crippen molar-refractivity contribution in [1.29, 1.82) is 0 Å². The molecule has 1 N–H and O–H groups in total. The van der Waals surface area contributed by atoms with E-state index in [1.165, 1.54) is 96.3 Å². The Balaban J connectivity index is 1.31. The van der Waals surface area contributed by atoms with Crippen molar-refractivity contribution >= 4 is 6.21 Å². The van der Waals surface area contributed by atoms with Crippen molar-refractivity contribution in [3.63, 3.8) is 0 Å². The Morgan fingerprint density at radius 1 is 0.800 bits per heavy atom. The lowest BCUT2D eigenvalue weighted by molar-refractivity contribution is -0.0628. The van der Waals surface area contributed by atoms with Gasteiger partial charge in [0.05, 0.1) is 13.2 Å². The summed E-state index contributed by atoms with van der Waals surface area (Å²) in [5.74, 6) is 1.17. The van der Waals surface area contributed by atoms with Crippen LogP contribution in [0.15, 0.2) is 41.5 Å². The number of hydrogen-bond donors (Lipinski definition) is 1. The van der Waals surface area contributed by atoms with E-state index < -0.39 is 5.85 Å². The molecule has 0 bridgehead atoms. The van der Waals surface area contributed by atoms with Crippen LogP contribution in [-0.2, 0) is 10.6 Å². The fraction of sp³-hybridized carbons (Fsp3) is 0.710. The molecule has 2 aliphatic rings. The first kappa shape index (κ1) is 27.8. The second kappa shape index (κ2) is 16.8. The number of nitrogens with one attached hydrogen (secondary N) is 1. The second-order valence-electron chi connectivity index (χ2n) is 10.5. The zero-order valence-electron chi connectivity index (χ0n) is 22.3. The van der Waals surface area contributed by atoms with E-state index in [0.29, 0.717) is 6.61 Å². The molecule has 4 nitrogen and oxygen atoms in total. The van der Waals surface area contributed by atoms with Crippen molar-refractivity contribution in [1.82, 2.24) is 5.32 Å². The average Bonchev–Trinajstić information content (AvgIpc) is 3.72. The number of nitrogens with zero attached hydrogens (tertiary/aromatic N) is 1. The van der Waals surface area contributed by atoms with Crippen molar-refractivity contribution in [2.75, 3.05) is 13.2 Å². The quantitative estimate of drug-likeness (QED) is 0.178. The monoisotopic (exact) mass is 482 g/mol. The molecule has 1 aromatic rings. The first-order valence-electron chi connectivity index (χ1n) is 14.7. The molecule has 0 saturated heterocycles. The predicted octanol–water partition coefficient (Wildman–Crippen LogP) is 8.66. The first-order chi connectivity index (χ1) is 17.3. The zero-order valence-corrected chi connectivity index (χ0v) is 22.3. The molecule has 0 spiro atoms. The summed E-state index contributed by atoms with van der Waals surface area (Å²) in [6, 6.07) is 8.24. The molecular weight excluding hydrogens is 432 g/mol. The Hall–Kier alpha value is -1.81. The normalized spacial score (nSPS) is 19.1. The number of unbranched alkanes of at least 4 members (excludes halogenated alkanes) is 12. The highest BCUT2D eigenvalue weighted by molar-refractivity contribution is 5.72. The summed E-state index contributed by atoms with van der Waals surface area (Å²) in [5, 5.41) is 3.35. The second-order valence-corrected chi connectivity index (χ2v) is 10.5. The molecule has 4 heteroatoms. The summed E-state index contributed by atoms with van der Waals surface area (Å²) in [6.07, 6.45) is 28.4. The van der Waals surface area contributed by atoms with Gasteiger partial charge in [0.2, 0.25) is 0 Å². The molecule has 0 amide bonds. The van der Waals surface area contributed by atoms with E-state index in [1.54, 1.807) is 0 Å². The van der Waals surface area contributed by atoms with Crippen LogP contribution in [0.2, 0.25) is 0 Å². The lowest BCUT2D eigenvalue weighted by atomic mass is 10.1. The number of rotatable bonds is 21. The summed E-state index contributed by atoms with van der Waals surface area (Å²) in [6.45, 7) is 3.76. The highest BCUT2D eigenvalue weighted by Gasteiger charge is 2.32. The van der Waals surface area contributed by atoms with Crippen molar-refractivity contribution in [2.45, 2.75) is 122 Å². The highest BCUT2D eigenvalue weighted by atomic mass is 16.5. The molecule has 0 aromatic heterocycles. The third-order valence-electron chi connectivity index (χ3n) is 7.24. The molecule has 196 valence electrons. The van der Waals surface area contributed by atoms with Gasteiger partial charge in [-0.15, -0.1) is 0 Å². The van der Waals surface area contributed by atoms with Crippen LogP contribution in [-0.4, -0.2) is 19.4 Å². The summed E-state index contributed by atoms with van der Waals surface area (Å²) in [4.78, 5) is 4.68. The van der Waals surface area contributed by atoms with Crippen LogP contribution in [0.4, 0.5) is 0 Å². The molecule has 1 fully saturated rings. The van der Waals surface area contributed by atoms with E-state index in [9.17, 15) is 0 Å². The van der Waals surface area contributed by atoms with Crippen molar-refractivity contribution in [3.8, 4) is 5.75 Å². The molecule has 35 heavy (non-hydrogen) atoms. The molecule has 1 aromatic carbocycles. The summed E-state index contributed by atoms with van der Waals surface area (Å²) < 4.78 is 12.3. The summed E-state index contributed by atoms with van der Waals surface area (Å²) >= 11 is 0. The Kier molecular flexibility index (Phi) is 13.3. The minimum absolute atomic E-state index is 0.705. The summed E-state index contributed by atoms with van der Waals surface area (Å²) in [7, 11) is 0. The van der Waals surface area contributed by atoms with Crippen LogP contribution in [0.1, 0.15) is 122 Å². The lowest BCUT2D eigenvalue weighted by Gasteiger charge is -2.32. The van der Waals surface area contributed by atoms with Gasteiger partial charge in [-0.25, -0.2) is 4.99 Å². The van der Waals surface area contributed by atoms with Crippen molar-refractivity contribution < 1.29 is 9.47 Å². The van der Waals surface area contributed by atoms with Gasteiger partial charge in [0.1, 0.15) is 5.75 Å². The van der Waals surface area contributed by atoms with Gasteiger partial charge in [0, 0.05) is 18.0 Å². The third kappa shape index (κ3) is 11.2. The molecule has 1 aliphatic carbocycles. The minimum Gasteiger partial charge on any atom is -0.494 e. The Bertz CT molecular complexity index is 726. The van der Waals surface area contributed by atoms with Gasteiger partial charge in [-0.2, -0.15) is 0 Å². The lowest BCUT2D eigenvalue weighted by Crippen LogP contribution is -2.42. The maximum Gasteiger partial charge on any atom is 0.264 e. The van der Waals surface area contributed by atoms with Crippen LogP contribution in [0, 0.1) is 5.92 Å². The van der Waals surface area contributed by atoms with E-state index in [2.05, 4.69) is 29.4 Å². The number of allylic oxidation sites excluding steroid dienone is 1. The fourth-order valence-electron chi connectivity index (χ4n) is 4.78. The number of aliphatic imine (C=N–C) groups is 1. The van der Waals surface area contributed by atoms with Gasteiger partial charge in [-0.05, 0) is 49.1 Å². The molecule has 1 aliphatic heterocycles. The van der Waals surface area contributed by atoms with E-state index in [-0.39, 0.29) is 0 Å². The largest absolute Gasteiger partial charge is 0.494 e. The summed E-state index contributed by atoms with van der Waals surface area (Å²) in [5.41, 5.74) is 1.01. The molecule has 3 rings (SSSR count). The van der Waals surface area contributed by atoms with E-state index in [4.69, 9.17) is 9.47 Å². The number of benzene rings is 1. The molecular formula is C31H50N2O2. The maximum absolute atomic E-state index is 6.32. The molecule has 1 heterocycles. The van der Waals surface area contributed by atoms with E-state index >= 15 is 0 Å². The molecule has 1 unspecified atom stereocenters. The standard InChI is InChI=1S/C31H50N2O2/c1-2-3-4-5-6-8-11-14-26-34-30-22-20-29(21-23-30)31(32-24-16-25-33-31)35-27-15-12-9-7-10-13-17-28-18-19-28/h16,20-25,28,32H,2-15,17-19,26-27H2,1H3. The van der Waals surface area contributed by atoms with Crippen LogP contribution in [0.25, 0.3) is 0 Å². The third-order valence-corrected chi connectivity index (χ3v) is 7.24. The van der Waals surface area contributed by atoms with Crippen molar-refractivity contribution in [3.05, 3.63) is 42.1 Å². The van der Waals surface area contributed by atoms with Crippen LogP contribution >= 0.6 is 0 Å². The minimum atomic E-state index is -0.824. The number of ether oxygens (including phenoxy) is 2. The van der Waals surface area contributed by atoms with Gasteiger partial charge in [-0.1, -0.05) is 103 Å². The maximum atomic E-state index is 6.32. The molecule has 1 saturated carbocycles. The fourth-order valence-corrected chi connectivity index (χ4v) is 4.78. The van der Waals surface area contributed by atoms with Crippen molar-refractivity contribution in [2.24, 2.45) is 10.9 Å². The van der Waals surface area contributed by atoms with Crippen LogP contribution in [0.3, 0.4) is 0 Å². The van der Waals surface area contributed by atoms with Gasteiger partial charge in [0.25, 0.3) is 5.85 Å². The van der Waals surface area contributed by atoms with Crippen LogP contribution < -0.4 is 10.1 Å². The van der Waals surface area contributed by atoms with Crippen LogP contribution in [0.5, 0.6) is 5.75 Å². The number of hydrogen-bond acceptors (Lipinski definition) is 4. The van der Waals surface area contributed by atoms with E-state index in [1.807, 2.05) is 30.6 Å². The zero-order chi connectivity index (χ0) is 24.4. The van der Waals surface area contributed by atoms with Gasteiger partial charge >= 0.3 is 0 Å². The highest BCUT2D eigenvalue weighted by Crippen LogP contribution is 2.34. The van der Waals surface area contributed by atoms with Gasteiger partial charge < -0.3 is 14.8 Å². The molecule has 0 radical (unpaired) electrons.